The van der Waals surface area contributed by atoms with Crippen molar-refractivity contribution in [1.29, 1.82) is 0 Å². The highest BCUT2D eigenvalue weighted by molar-refractivity contribution is 6.29. The fourth-order valence-electron chi connectivity index (χ4n) is 5.82. The van der Waals surface area contributed by atoms with Gasteiger partial charge in [-0.15, -0.1) is 11.6 Å². The SMILES string of the molecule is CCC(=O)NCCN1C(=O)C(C)(C)C2=C1C=C(C(=O)N(C(C)C)[C@@H]1CCCN(C(=O)OC(C)(C)C)C1)C(C)(Cl)C2. The van der Waals surface area contributed by atoms with Gasteiger partial charge in [-0.3, -0.25) is 14.4 Å². The molecule has 3 rings (SSSR count). The summed E-state index contributed by atoms with van der Waals surface area (Å²) < 4.78 is 5.60. The molecule has 2 atom stereocenters. The van der Waals surface area contributed by atoms with Crippen LogP contribution in [0.4, 0.5) is 4.79 Å². The standard InChI is InChI=1S/C30H47ClN4O5/c1-10-24(36)32-13-15-34-23-16-21(30(9,31)17-22(23)29(7,8)26(34)38)25(37)35(19(2)3)20-12-11-14-33(18-20)27(39)40-28(4,5)6/h16,19-20H,10-15,17-18H2,1-9H3,(H,32,36)/t20-,30?/m1/s1. The number of likely N-dealkylation sites (tertiary alicyclic amines) is 1. The van der Waals surface area contributed by atoms with Gasteiger partial charge in [-0.25, -0.2) is 4.79 Å². The average Bonchev–Trinajstić information content (AvgIpc) is 3.01. The van der Waals surface area contributed by atoms with Gasteiger partial charge < -0.3 is 24.8 Å². The topological polar surface area (TPSA) is 99.3 Å². The zero-order chi connectivity index (χ0) is 30.2. The van der Waals surface area contributed by atoms with Crippen molar-refractivity contribution in [3.63, 3.8) is 0 Å². The number of alkyl halides is 1. The highest BCUT2D eigenvalue weighted by Crippen LogP contribution is 2.50. The number of hydrogen-bond donors (Lipinski definition) is 1. The molecule has 2 aliphatic heterocycles. The second-order valence-corrected chi connectivity index (χ2v) is 13.9. The lowest BCUT2D eigenvalue weighted by Gasteiger charge is -2.43. The van der Waals surface area contributed by atoms with E-state index in [0.717, 1.165) is 18.4 Å². The Morgan fingerprint density at radius 1 is 1.23 bits per heavy atom. The Balaban J connectivity index is 1.92. The van der Waals surface area contributed by atoms with Crippen LogP contribution in [0.5, 0.6) is 0 Å². The molecule has 0 saturated carbocycles. The normalized spacial score (nSPS) is 24.6. The minimum Gasteiger partial charge on any atom is -0.444 e. The molecule has 0 aromatic carbocycles. The Morgan fingerprint density at radius 3 is 2.45 bits per heavy atom. The summed E-state index contributed by atoms with van der Waals surface area (Å²) in [6, 6.07) is -0.332. The number of carbonyl (C=O) groups excluding carboxylic acids is 4. The molecule has 1 aliphatic carbocycles. The number of piperidine rings is 1. The van der Waals surface area contributed by atoms with Crippen LogP contribution in [0, 0.1) is 5.41 Å². The molecule has 0 radical (unpaired) electrons. The van der Waals surface area contributed by atoms with Crippen LogP contribution >= 0.6 is 11.6 Å². The lowest BCUT2D eigenvalue weighted by molar-refractivity contribution is -0.134. The van der Waals surface area contributed by atoms with E-state index in [2.05, 4.69) is 5.32 Å². The first-order chi connectivity index (χ1) is 18.4. The van der Waals surface area contributed by atoms with Crippen molar-refractivity contribution in [1.82, 2.24) is 20.0 Å². The molecule has 1 fully saturated rings. The zero-order valence-electron chi connectivity index (χ0n) is 25.6. The molecule has 2 heterocycles. The predicted molar refractivity (Wildman–Crippen MR) is 156 cm³/mol. The Bertz CT molecular complexity index is 1100. The first kappa shape index (κ1) is 32.0. The number of nitrogens with zero attached hydrogens (tertiary/aromatic N) is 3. The van der Waals surface area contributed by atoms with Crippen LogP contribution in [-0.4, -0.2) is 87.3 Å². The lowest BCUT2D eigenvalue weighted by Crippen LogP contribution is -2.56. The van der Waals surface area contributed by atoms with Crippen LogP contribution in [0.15, 0.2) is 22.9 Å². The molecule has 9 nitrogen and oxygen atoms in total. The molecule has 224 valence electrons. The molecule has 4 amide bonds. The van der Waals surface area contributed by atoms with E-state index in [1.807, 2.05) is 60.3 Å². The van der Waals surface area contributed by atoms with Gasteiger partial charge in [0.15, 0.2) is 0 Å². The molecule has 10 heteroatoms. The maximum Gasteiger partial charge on any atom is 0.410 e. The highest BCUT2D eigenvalue weighted by atomic mass is 35.5. The Kier molecular flexibility index (Phi) is 9.39. The molecule has 3 aliphatic rings. The smallest absolute Gasteiger partial charge is 0.410 e. The molecule has 0 aromatic rings. The summed E-state index contributed by atoms with van der Waals surface area (Å²) in [7, 11) is 0. The number of rotatable bonds is 7. The maximum atomic E-state index is 14.3. The third kappa shape index (κ3) is 6.67. The minimum absolute atomic E-state index is 0.0679. The summed E-state index contributed by atoms with van der Waals surface area (Å²) in [6.45, 7) is 18.4. The van der Waals surface area contributed by atoms with Gasteiger partial charge in [0.25, 0.3) is 5.91 Å². The van der Waals surface area contributed by atoms with Crippen LogP contribution in [0.25, 0.3) is 0 Å². The highest BCUT2D eigenvalue weighted by Gasteiger charge is 2.51. The molecular formula is C30H47ClN4O5. The molecule has 0 aromatic heterocycles. The van der Waals surface area contributed by atoms with E-state index in [0.29, 0.717) is 50.3 Å². The van der Waals surface area contributed by atoms with Gasteiger partial charge in [-0.1, -0.05) is 6.92 Å². The van der Waals surface area contributed by atoms with E-state index < -0.39 is 15.9 Å². The summed E-state index contributed by atoms with van der Waals surface area (Å²) in [6.07, 6.45) is 3.66. The van der Waals surface area contributed by atoms with Crippen LogP contribution in [0.3, 0.4) is 0 Å². The van der Waals surface area contributed by atoms with Crippen molar-refractivity contribution in [2.45, 2.75) is 111 Å². The second kappa shape index (κ2) is 11.7. The Labute approximate surface area is 244 Å². The zero-order valence-corrected chi connectivity index (χ0v) is 26.4. The lowest BCUT2D eigenvalue weighted by atomic mass is 9.75. The Morgan fingerprint density at radius 2 is 1.88 bits per heavy atom. The van der Waals surface area contributed by atoms with Crippen LogP contribution < -0.4 is 5.32 Å². The van der Waals surface area contributed by atoms with Crippen molar-refractivity contribution < 1.29 is 23.9 Å². The quantitative estimate of drug-likeness (QED) is 0.445. The van der Waals surface area contributed by atoms with E-state index in [4.69, 9.17) is 16.3 Å². The van der Waals surface area contributed by atoms with Crippen LogP contribution in [-0.2, 0) is 19.1 Å². The molecule has 1 N–H and O–H groups in total. The number of nitrogens with one attached hydrogen (secondary N) is 1. The summed E-state index contributed by atoms with van der Waals surface area (Å²) in [5.41, 5.74) is 0.668. The van der Waals surface area contributed by atoms with Gasteiger partial charge in [-0.05, 0) is 86.3 Å². The maximum absolute atomic E-state index is 14.3. The third-order valence-electron chi connectivity index (χ3n) is 7.93. The van der Waals surface area contributed by atoms with Gasteiger partial charge >= 0.3 is 6.09 Å². The summed E-state index contributed by atoms with van der Waals surface area (Å²) in [5, 5.41) is 2.84. The van der Waals surface area contributed by atoms with Crippen molar-refractivity contribution in [2.24, 2.45) is 5.41 Å². The number of carbonyl (C=O) groups is 4. The number of amides is 4. The second-order valence-electron chi connectivity index (χ2n) is 13.1. The van der Waals surface area contributed by atoms with Gasteiger partial charge in [0.1, 0.15) is 5.60 Å². The summed E-state index contributed by atoms with van der Waals surface area (Å²) >= 11 is 7.11. The number of ether oxygens (including phenoxy) is 1. The molecule has 0 bridgehead atoms. The van der Waals surface area contributed by atoms with Gasteiger partial charge in [-0.2, -0.15) is 0 Å². The largest absolute Gasteiger partial charge is 0.444 e. The van der Waals surface area contributed by atoms with E-state index in [-0.39, 0.29) is 35.9 Å². The van der Waals surface area contributed by atoms with Crippen molar-refractivity contribution in [3.05, 3.63) is 22.9 Å². The van der Waals surface area contributed by atoms with Crippen molar-refractivity contribution in [2.75, 3.05) is 26.2 Å². The van der Waals surface area contributed by atoms with Crippen molar-refractivity contribution in [3.8, 4) is 0 Å². The molecule has 1 unspecified atom stereocenters. The summed E-state index contributed by atoms with van der Waals surface area (Å²) in [5.74, 6) is -0.336. The monoisotopic (exact) mass is 578 g/mol. The van der Waals surface area contributed by atoms with E-state index in [9.17, 15) is 19.2 Å². The molecule has 40 heavy (non-hydrogen) atoms. The number of hydrogen-bond acceptors (Lipinski definition) is 5. The van der Waals surface area contributed by atoms with E-state index in [1.54, 1.807) is 22.8 Å². The fourth-order valence-corrected chi connectivity index (χ4v) is 6.09. The summed E-state index contributed by atoms with van der Waals surface area (Å²) in [4.78, 5) is 56.6. The van der Waals surface area contributed by atoms with Crippen LogP contribution in [0.1, 0.15) is 88.0 Å². The first-order valence-electron chi connectivity index (χ1n) is 14.4. The molecule has 0 spiro atoms. The van der Waals surface area contributed by atoms with E-state index in [1.165, 1.54) is 0 Å². The Hall–Kier alpha value is -2.55. The van der Waals surface area contributed by atoms with Gasteiger partial charge in [0, 0.05) is 49.9 Å². The third-order valence-corrected chi connectivity index (χ3v) is 8.26. The van der Waals surface area contributed by atoms with E-state index >= 15 is 0 Å². The predicted octanol–water partition coefficient (Wildman–Crippen LogP) is 4.60. The fraction of sp³-hybridized carbons (Fsp3) is 0.733. The van der Waals surface area contributed by atoms with Gasteiger partial charge in [0.2, 0.25) is 11.8 Å². The minimum atomic E-state index is -1.01. The van der Waals surface area contributed by atoms with Crippen LogP contribution in [0.2, 0.25) is 0 Å². The van der Waals surface area contributed by atoms with Crippen molar-refractivity contribution >= 4 is 35.4 Å². The number of halogens is 1. The molecular weight excluding hydrogens is 532 g/mol. The average molecular weight is 579 g/mol. The molecule has 1 saturated heterocycles. The first-order valence-corrected chi connectivity index (χ1v) is 14.8. The number of allylic oxidation sites excluding steroid dienone is 1. The van der Waals surface area contributed by atoms with Gasteiger partial charge in [0.05, 0.1) is 16.3 Å².